The molecule has 21 heavy (non-hydrogen) atoms. The standard InChI is InChI=1S/C10H13N5O6/c1-20-10(4-16)7(13-14-11)6(18)8(21-10)15-3-2-5(17)12-9(15)19/h2-3,6-8,16,18H,4H2,1H3,(H,12,17,19)/t6-,7?,8-,10-/m1/s1. The molecule has 0 saturated carbocycles. The van der Waals surface area contributed by atoms with E-state index >= 15 is 0 Å². The number of aliphatic hydroxyl groups is 2. The largest absolute Gasteiger partial charge is 0.391 e. The first kappa shape index (κ1) is 15.2. The van der Waals surface area contributed by atoms with Crippen LogP contribution in [0.5, 0.6) is 0 Å². The number of ether oxygens (including phenoxy) is 2. The summed E-state index contributed by atoms with van der Waals surface area (Å²) in [5, 5.41) is 23.0. The van der Waals surface area contributed by atoms with E-state index in [1.54, 1.807) is 0 Å². The van der Waals surface area contributed by atoms with Crippen molar-refractivity contribution in [3.8, 4) is 0 Å². The van der Waals surface area contributed by atoms with Crippen LogP contribution in [0.2, 0.25) is 0 Å². The van der Waals surface area contributed by atoms with E-state index in [1.807, 2.05) is 4.98 Å². The van der Waals surface area contributed by atoms with Crippen LogP contribution in [0.1, 0.15) is 6.23 Å². The van der Waals surface area contributed by atoms with Crippen LogP contribution >= 0.6 is 0 Å². The number of aromatic amines is 1. The molecule has 0 aliphatic carbocycles. The van der Waals surface area contributed by atoms with Gasteiger partial charge in [-0.1, -0.05) is 5.11 Å². The lowest BCUT2D eigenvalue weighted by atomic mass is 10.1. The van der Waals surface area contributed by atoms with Crippen molar-refractivity contribution < 1.29 is 19.7 Å². The summed E-state index contributed by atoms with van der Waals surface area (Å²) in [6.45, 7) is -0.709. The molecule has 0 aromatic carbocycles. The molecule has 1 aromatic rings. The molecule has 11 heteroatoms. The van der Waals surface area contributed by atoms with Gasteiger partial charge in [0.05, 0.1) is 6.61 Å². The van der Waals surface area contributed by atoms with Gasteiger partial charge in [-0.15, -0.1) is 0 Å². The number of rotatable bonds is 4. The number of aliphatic hydroxyl groups excluding tert-OH is 2. The van der Waals surface area contributed by atoms with Crippen molar-refractivity contribution in [2.75, 3.05) is 13.7 Å². The van der Waals surface area contributed by atoms with Crippen molar-refractivity contribution in [2.24, 2.45) is 5.11 Å². The molecule has 11 nitrogen and oxygen atoms in total. The van der Waals surface area contributed by atoms with Gasteiger partial charge in [-0.05, 0) is 5.53 Å². The highest BCUT2D eigenvalue weighted by Gasteiger charge is 2.56. The summed E-state index contributed by atoms with van der Waals surface area (Å²) in [5.74, 6) is -1.79. The lowest BCUT2D eigenvalue weighted by Gasteiger charge is -2.28. The molecule has 1 aromatic heterocycles. The quantitative estimate of drug-likeness (QED) is 0.346. The molecule has 1 aliphatic rings. The van der Waals surface area contributed by atoms with Gasteiger partial charge in [0.25, 0.3) is 5.56 Å². The average Bonchev–Trinajstić information content (AvgIpc) is 2.74. The third-order valence-electron chi connectivity index (χ3n) is 3.25. The number of aromatic nitrogens is 2. The van der Waals surface area contributed by atoms with Gasteiger partial charge >= 0.3 is 5.69 Å². The van der Waals surface area contributed by atoms with E-state index in [4.69, 9.17) is 15.0 Å². The minimum absolute atomic E-state index is 0.615. The van der Waals surface area contributed by atoms with Crippen LogP contribution in [0.25, 0.3) is 10.4 Å². The lowest BCUT2D eigenvalue weighted by molar-refractivity contribution is -0.248. The first-order chi connectivity index (χ1) is 9.99. The Labute approximate surface area is 117 Å². The third kappa shape index (κ3) is 2.44. The van der Waals surface area contributed by atoms with Gasteiger partial charge in [-0.25, -0.2) is 4.79 Å². The fraction of sp³-hybridized carbons (Fsp3) is 0.600. The van der Waals surface area contributed by atoms with Crippen LogP contribution < -0.4 is 11.2 Å². The molecular formula is C10H13N5O6. The summed E-state index contributed by atoms with van der Waals surface area (Å²) in [6.07, 6.45) is -1.64. The van der Waals surface area contributed by atoms with Gasteiger partial charge in [0.1, 0.15) is 12.1 Å². The highest BCUT2D eigenvalue weighted by atomic mass is 16.7. The number of H-pyrrole nitrogens is 1. The van der Waals surface area contributed by atoms with Crippen LogP contribution in [-0.2, 0) is 9.47 Å². The second kappa shape index (κ2) is 5.68. The zero-order chi connectivity index (χ0) is 15.6. The number of nitrogens with zero attached hydrogens (tertiary/aromatic N) is 4. The Bertz CT molecular complexity index is 673. The van der Waals surface area contributed by atoms with Gasteiger partial charge < -0.3 is 19.7 Å². The number of azide groups is 1. The van der Waals surface area contributed by atoms with E-state index in [0.29, 0.717) is 0 Å². The molecule has 0 radical (unpaired) electrons. The minimum atomic E-state index is -1.79. The number of hydrogen-bond acceptors (Lipinski definition) is 7. The monoisotopic (exact) mass is 299 g/mol. The summed E-state index contributed by atoms with van der Waals surface area (Å²) in [7, 11) is 1.20. The second-order valence-electron chi connectivity index (χ2n) is 4.34. The van der Waals surface area contributed by atoms with Crippen molar-refractivity contribution in [2.45, 2.75) is 24.2 Å². The zero-order valence-electron chi connectivity index (χ0n) is 10.9. The van der Waals surface area contributed by atoms with Gasteiger partial charge in [-0.2, -0.15) is 0 Å². The molecule has 1 fully saturated rings. The lowest BCUT2D eigenvalue weighted by Crippen LogP contribution is -2.46. The Balaban J connectivity index is 2.50. The molecule has 4 atom stereocenters. The molecule has 0 bridgehead atoms. The van der Waals surface area contributed by atoms with Gasteiger partial charge in [-0.3, -0.25) is 14.3 Å². The Kier molecular flexibility index (Phi) is 4.11. The summed E-state index contributed by atoms with van der Waals surface area (Å²) < 4.78 is 11.3. The van der Waals surface area contributed by atoms with Gasteiger partial charge in [0.15, 0.2) is 6.23 Å². The molecule has 1 saturated heterocycles. The average molecular weight is 299 g/mol. The predicted octanol–water partition coefficient (Wildman–Crippen LogP) is -1.56. The third-order valence-corrected chi connectivity index (χ3v) is 3.25. The minimum Gasteiger partial charge on any atom is -0.391 e. The predicted molar refractivity (Wildman–Crippen MR) is 67.2 cm³/mol. The van der Waals surface area contributed by atoms with Crippen LogP contribution in [-0.4, -0.2) is 51.4 Å². The highest BCUT2D eigenvalue weighted by molar-refractivity contribution is 5.01. The fourth-order valence-electron chi connectivity index (χ4n) is 2.19. The number of hydrogen-bond donors (Lipinski definition) is 3. The summed E-state index contributed by atoms with van der Waals surface area (Å²) in [4.78, 5) is 27.3. The zero-order valence-corrected chi connectivity index (χ0v) is 10.9. The maximum atomic E-state index is 11.7. The Hall–Kier alpha value is -2.17. The highest BCUT2D eigenvalue weighted by Crippen LogP contribution is 2.38. The Morgan fingerprint density at radius 3 is 2.90 bits per heavy atom. The van der Waals surface area contributed by atoms with E-state index < -0.39 is 42.0 Å². The van der Waals surface area contributed by atoms with Crippen LogP contribution in [0, 0.1) is 0 Å². The molecular weight excluding hydrogens is 286 g/mol. The number of nitrogens with one attached hydrogen (secondary N) is 1. The van der Waals surface area contributed by atoms with E-state index in [0.717, 1.165) is 16.8 Å². The topological polar surface area (TPSA) is 163 Å². The molecule has 0 spiro atoms. The first-order valence-electron chi connectivity index (χ1n) is 5.86. The molecule has 114 valence electrons. The normalized spacial score (nSPS) is 31.9. The summed E-state index contributed by atoms with van der Waals surface area (Å²) in [5.41, 5.74) is 7.12. The van der Waals surface area contributed by atoms with Crippen molar-refractivity contribution in [1.82, 2.24) is 9.55 Å². The van der Waals surface area contributed by atoms with Crippen LogP contribution in [0.15, 0.2) is 27.0 Å². The van der Waals surface area contributed by atoms with Gasteiger partial charge in [0.2, 0.25) is 5.79 Å². The SMILES string of the molecule is CO[C@]1(CO)O[C@@H](n2ccc(=O)[nH]c2=O)[C@H](O)C1N=[N+]=[N-]. The van der Waals surface area contributed by atoms with E-state index in [2.05, 4.69) is 10.0 Å². The molecule has 3 N–H and O–H groups in total. The van der Waals surface area contributed by atoms with E-state index in [1.165, 1.54) is 7.11 Å². The number of methoxy groups -OCH3 is 1. The molecule has 2 heterocycles. The fourth-order valence-corrected chi connectivity index (χ4v) is 2.19. The van der Waals surface area contributed by atoms with Crippen molar-refractivity contribution in [3.63, 3.8) is 0 Å². The molecule has 1 unspecified atom stereocenters. The van der Waals surface area contributed by atoms with Crippen LogP contribution in [0.4, 0.5) is 0 Å². The first-order valence-corrected chi connectivity index (χ1v) is 5.86. The maximum absolute atomic E-state index is 11.7. The molecule has 1 aliphatic heterocycles. The summed E-state index contributed by atoms with van der Waals surface area (Å²) >= 11 is 0. The Morgan fingerprint density at radius 1 is 1.67 bits per heavy atom. The maximum Gasteiger partial charge on any atom is 0.330 e. The molecule has 2 rings (SSSR count). The molecule has 0 amide bonds. The summed E-state index contributed by atoms with van der Waals surface area (Å²) in [6, 6.07) is -0.215. The smallest absolute Gasteiger partial charge is 0.330 e. The van der Waals surface area contributed by atoms with Crippen molar-refractivity contribution in [3.05, 3.63) is 43.5 Å². The Morgan fingerprint density at radius 2 is 2.38 bits per heavy atom. The second-order valence-corrected chi connectivity index (χ2v) is 4.34. The van der Waals surface area contributed by atoms with Gasteiger partial charge in [0, 0.05) is 24.3 Å². The van der Waals surface area contributed by atoms with E-state index in [9.17, 15) is 19.8 Å². The van der Waals surface area contributed by atoms with Crippen LogP contribution in [0.3, 0.4) is 0 Å². The van der Waals surface area contributed by atoms with E-state index in [-0.39, 0.29) is 0 Å². The van der Waals surface area contributed by atoms with Crippen molar-refractivity contribution >= 4 is 0 Å². The van der Waals surface area contributed by atoms with Crippen molar-refractivity contribution in [1.29, 1.82) is 0 Å².